The topological polar surface area (TPSA) is 117 Å². The van der Waals surface area contributed by atoms with Gasteiger partial charge in [-0.25, -0.2) is 8.78 Å². The van der Waals surface area contributed by atoms with Crippen molar-refractivity contribution in [2.75, 3.05) is 0 Å². The third kappa shape index (κ3) is 2.73. The van der Waals surface area contributed by atoms with Crippen LogP contribution in [0.15, 0.2) is 6.07 Å². The molecule has 1 rings (SSSR count). The van der Waals surface area contributed by atoms with E-state index < -0.39 is 40.8 Å². The van der Waals surface area contributed by atoms with Gasteiger partial charge in [0.25, 0.3) is 0 Å². The number of nitrogens with zero attached hydrogens (tertiary/aromatic N) is 3. The summed E-state index contributed by atoms with van der Waals surface area (Å²) in [6, 6.07) is 2.10. The average Bonchev–Trinajstić information content (AvgIpc) is 2.26. The van der Waals surface area contributed by atoms with Crippen LogP contribution in [-0.4, -0.2) is 21.0 Å². The van der Waals surface area contributed by atoms with E-state index in [4.69, 9.17) is 10.4 Å². The van der Waals surface area contributed by atoms with Gasteiger partial charge in [0, 0.05) is 6.07 Å². The number of alkyl halides is 2. The van der Waals surface area contributed by atoms with E-state index in [0.717, 1.165) is 0 Å². The highest BCUT2D eigenvalue weighted by Crippen LogP contribution is 2.26. The number of carboxylic acid groups (broad SMARTS) is 1. The molecule has 1 heterocycles. The summed E-state index contributed by atoms with van der Waals surface area (Å²) in [6.45, 7) is 0. The number of rotatable bonds is 4. The monoisotopic (exact) mass is 257 g/mol. The van der Waals surface area contributed by atoms with Crippen molar-refractivity contribution in [3.63, 3.8) is 0 Å². The molecule has 0 atom stereocenters. The summed E-state index contributed by atoms with van der Waals surface area (Å²) in [5.41, 5.74) is -2.08. The first-order valence-corrected chi connectivity index (χ1v) is 4.45. The predicted molar refractivity (Wildman–Crippen MR) is 51.9 cm³/mol. The molecule has 0 aliphatic heterocycles. The molecule has 0 amide bonds. The van der Waals surface area contributed by atoms with Crippen molar-refractivity contribution in [3.05, 3.63) is 33.0 Å². The van der Waals surface area contributed by atoms with Gasteiger partial charge >= 0.3 is 18.2 Å². The Kier molecular flexibility index (Phi) is 3.83. The summed E-state index contributed by atoms with van der Waals surface area (Å²) < 4.78 is 25.2. The fourth-order valence-corrected chi connectivity index (χ4v) is 1.29. The van der Waals surface area contributed by atoms with Gasteiger partial charge in [-0.3, -0.25) is 4.79 Å². The minimum atomic E-state index is -3.20. The number of aliphatic carboxylic acids is 1. The molecule has 0 aliphatic carbocycles. The summed E-state index contributed by atoms with van der Waals surface area (Å²) in [5, 5.41) is 27.7. The Morgan fingerprint density at radius 2 is 2.28 bits per heavy atom. The van der Waals surface area contributed by atoms with Crippen molar-refractivity contribution in [2.45, 2.75) is 12.8 Å². The molecule has 0 unspecified atom stereocenters. The van der Waals surface area contributed by atoms with E-state index in [0.29, 0.717) is 6.07 Å². The Bertz CT molecular complexity index is 553. The second-order valence-electron chi connectivity index (χ2n) is 3.14. The van der Waals surface area contributed by atoms with Crippen LogP contribution in [0.1, 0.15) is 23.2 Å². The molecule has 0 bridgehead atoms. The van der Waals surface area contributed by atoms with Crippen LogP contribution in [-0.2, 0) is 11.2 Å². The fourth-order valence-electron chi connectivity index (χ4n) is 1.29. The minimum Gasteiger partial charge on any atom is -0.481 e. The van der Waals surface area contributed by atoms with Gasteiger partial charge in [-0.2, -0.15) is 5.26 Å². The lowest BCUT2D eigenvalue weighted by atomic mass is 10.0. The minimum absolute atomic E-state index is 0.359. The van der Waals surface area contributed by atoms with E-state index in [1.165, 1.54) is 6.07 Å². The highest BCUT2D eigenvalue weighted by Gasteiger charge is 2.27. The van der Waals surface area contributed by atoms with E-state index in [1.54, 1.807) is 0 Å². The molecule has 0 radical (unpaired) electrons. The van der Waals surface area contributed by atoms with E-state index in [9.17, 15) is 23.7 Å². The molecule has 9 heteroatoms. The molecule has 1 N–H and O–H groups in total. The van der Waals surface area contributed by atoms with Crippen LogP contribution in [0.5, 0.6) is 0 Å². The maximum Gasteiger partial charge on any atom is 0.364 e. The second kappa shape index (κ2) is 5.13. The normalized spacial score (nSPS) is 10.1. The lowest BCUT2D eigenvalue weighted by Gasteiger charge is -2.04. The van der Waals surface area contributed by atoms with Gasteiger partial charge in [-0.1, -0.05) is 0 Å². The molecule has 94 valence electrons. The Labute approximate surface area is 98.4 Å². The number of aromatic nitrogens is 1. The second-order valence-corrected chi connectivity index (χ2v) is 3.14. The quantitative estimate of drug-likeness (QED) is 0.643. The summed E-state index contributed by atoms with van der Waals surface area (Å²) in [7, 11) is 0. The first kappa shape index (κ1) is 13.4. The molecule has 0 saturated carbocycles. The number of carbonyl (C=O) groups is 1. The van der Waals surface area contributed by atoms with Crippen molar-refractivity contribution in [3.8, 4) is 6.07 Å². The molecule has 0 saturated heterocycles. The number of nitro groups is 1. The number of nitriles is 1. The SMILES string of the molecule is N#Cc1c(CC(=O)O)cc([N+](=O)[O-])nc1C(F)F. The van der Waals surface area contributed by atoms with Crippen molar-refractivity contribution in [2.24, 2.45) is 0 Å². The summed E-state index contributed by atoms with van der Waals surface area (Å²) in [5.74, 6) is -2.31. The zero-order valence-electron chi connectivity index (χ0n) is 8.63. The first-order valence-electron chi connectivity index (χ1n) is 4.45. The summed E-state index contributed by atoms with van der Waals surface area (Å²) in [6.07, 6.45) is -3.97. The molecule has 1 aromatic heterocycles. The van der Waals surface area contributed by atoms with Crippen molar-refractivity contribution in [1.29, 1.82) is 5.26 Å². The highest BCUT2D eigenvalue weighted by atomic mass is 19.3. The predicted octanol–water partition coefficient (Wildman–Crippen LogP) is 1.43. The van der Waals surface area contributed by atoms with Gasteiger partial charge in [0.2, 0.25) is 5.69 Å². The van der Waals surface area contributed by atoms with Crippen LogP contribution >= 0.6 is 0 Å². The van der Waals surface area contributed by atoms with E-state index in [-0.39, 0.29) is 5.56 Å². The average molecular weight is 257 g/mol. The van der Waals surface area contributed by atoms with Crippen LogP contribution in [0.4, 0.5) is 14.6 Å². The Balaban J connectivity index is 3.51. The van der Waals surface area contributed by atoms with Crippen molar-refractivity contribution in [1.82, 2.24) is 4.98 Å². The molecule has 0 fully saturated rings. The van der Waals surface area contributed by atoms with Gasteiger partial charge < -0.3 is 15.2 Å². The number of hydrogen-bond donors (Lipinski definition) is 1. The zero-order chi connectivity index (χ0) is 13.9. The molecule has 18 heavy (non-hydrogen) atoms. The Hall–Kier alpha value is -2.63. The molecule has 7 nitrogen and oxygen atoms in total. The van der Waals surface area contributed by atoms with E-state index >= 15 is 0 Å². The number of hydrogen-bond acceptors (Lipinski definition) is 5. The Morgan fingerprint density at radius 1 is 1.67 bits per heavy atom. The van der Waals surface area contributed by atoms with Gasteiger partial charge in [0.1, 0.15) is 11.6 Å². The van der Waals surface area contributed by atoms with Crippen molar-refractivity contribution < 1.29 is 23.6 Å². The van der Waals surface area contributed by atoms with Crippen molar-refractivity contribution >= 4 is 11.8 Å². The maximum atomic E-state index is 12.6. The lowest BCUT2D eigenvalue weighted by molar-refractivity contribution is -0.389. The first-order chi connectivity index (χ1) is 8.36. The molecule has 0 spiro atoms. The van der Waals surface area contributed by atoms with Gasteiger partial charge in [0.15, 0.2) is 0 Å². The summed E-state index contributed by atoms with van der Waals surface area (Å²) >= 11 is 0. The largest absolute Gasteiger partial charge is 0.481 e. The third-order valence-corrected chi connectivity index (χ3v) is 1.96. The van der Waals surface area contributed by atoms with E-state index in [2.05, 4.69) is 4.98 Å². The summed E-state index contributed by atoms with van der Waals surface area (Å²) in [4.78, 5) is 23.0. The number of pyridine rings is 1. The molecular weight excluding hydrogens is 252 g/mol. The van der Waals surface area contributed by atoms with Crippen LogP contribution in [0.2, 0.25) is 0 Å². The maximum absolute atomic E-state index is 12.6. The fraction of sp³-hybridized carbons (Fsp3) is 0.222. The smallest absolute Gasteiger partial charge is 0.364 e. The standard InChI is InChI=1S/C9H5F2N3O4/c10-9(11)8-5(3-12)4(2-7(15)16)1-6(13-8)14(17)18/h1,9H,2H2,(H,15,16). The molecular formula is C9H5F2N3O4. The molecule has 1 aromatic rings. The zero-order valence-corrected chi connectivity index (χ0v) is 8.63. The highest BCUT2D eigenvalue weighted by molar-refractivity contribution is 5.72. The van der Waals surface area contributed by atoms with Crippen LogP contribution in [0.3, 0.4) is 0 Å². The van der Waals surface area contributed by atoms with Gasteiger partial charge in [0.05, 0.1) is 6.42 Å². The van der Waals surface area contributed by atoms with Gasteiger partial charge in [-0.15, -0.1) is 0 Å². The van der Waals surface area contributed by atoms with Crippen LogP contribution in [0.25, 0.3) is 0 Å². The van der Waals surface area contributed by atoms with Gasteiger partial charge in [-0.05, 0) is 15.5 Å². The molecule has 0 aliphatic rings. The van der Waals surface area contributed by atoms with Crippen LogP contribution in [0, 0.1) is 21.4 Å². The van der Waals surface area contributed by atoms with E-state index in [1.807, 2.05) is 0 Å². The number of carboxylic acids is 1. The van der Waals surface area contributed by atoms with Crippen LogP contribution < -0.4 is 0 Å². The molecule has 0 aromatic carbocycles. The number of halogens is 2. The Morgan fingerprint density at radius 3 is 2.67 bits per heavy atom. The lowest BCUT2D eigenvalue weighted by Crippen LogP contribution is -2.08. The third-order valence-electron chi connectivity index (χ3n) is 1.96.